The number of hydrogen-bond acceptors (Lipinski definition) is 4. The van der Waals surface area contributed by atoms with Gasteiger partial charge in [0, 0.05) is 19.6 Å². The van der Waals surface area contributed by atoms with Crippen LogP contribution < -0.4 is 10.6 Å². The molecule has 0 amide bonds. The molecule has 0 atom stereocenters. The number of hydrogen-bond donors (Lipinski definition) is 2. The van der Waals surface area contributed by atoms with Crippen LogP contribution in [0, 0.1) is 5.92 Å². The highest BCUT2D eigenvalue weighted by atomic mass is 15.2. The Bertz CT molecular complexity index is 244. The van der Waals surface area contributed by atoms with Crippen LogP contribution >= 0.6 is 0 Å². The Hall–Kier alpha value is -0.770. The molecule has 4 heteroatoms. The molecule has 1 fully saturated rings. The van der Waals surface area contributed by atoms with Gasteiger partial charge in [0.25, 0.3) is 0 Å². The van der Waals surface area contributed by atoms with Gasteiger partial charge in [-0.3, -0.25) is 4.99 Å². The fourth-order valence-electron chi connectivity index (χ4n) is 2.62. The minimum Gasteiger partial charge on any atom is -0.356 e. The number of likely N-dealkylation sites (tertiary alicyclic amines) is 1. The maximum absolute atomic E-state index is 4.44. The first-order valence-corrected chi connectivity index (χ1v) is 7.13. The van der Waals surface area contributed by atoms with Crippen LogP contribution in [0.2, 0.25) is 0 Å². The lowest BCUT2D eigenvalue weighted by molar-refractivity contribution is 0.185. The molecule has 1 saturated heterocycles. The van der Waals surface area contributed by atoms with Gasteiger partial charge < -0.3 is 15.5 Å². The first-order valence-electron chi connectivity index (χ1n) is 7.13. The van der Waals surface area contributed by atoms with E-state index in [9.17, 15) is 0 Å². The van der Waals surface area contributed by atoms with E-state index in [2.05, 4.69) is 27.4 Å². The maximum atomic E-state index is 4.44. The second-order valence-corrected chi connectivity index (χ2v) is 5.18. The number of nitrogens with zero attached hydrogens (tertiary/aromatic N) is 2. The highest BCUT2D eigenvalue weighted by molar-refractivity contribution is 5.80. The molecular weight excluding hydrogens is 212 g/mol. The topological polar surface area (TPSA) is 39.7 Å². The summed E-state index contributed by atoms with van der Waals surface area (Å²) < 4.78 is 0. The van der Waals surface area contributed by atoms with Crippen molar-refractivity contribution in [3.05, 3.63) is 0 Å². The Kier molecular flexibility index (Phi) is 5.10. The van der Waals surface area contributed by atoms with E-state index < -0.39 is 0 Å². The van der Waals surface area contributed by atoms with Gasteiger partial charge in [-0.05, 0) is 51.2 Å². The molecule has 4 nitrogen and oxygen atoms in total. The van der Waals surface area contributed by atoms with E-state index in [1.54, 1.807) is 0 Å². The van der Waals surface area contributed by atoms with Crippen LogP contribution in [0.3, 0.4) is 0 Å². The van der Waals surface area contributed by atoms with Crippen LogP contribution in [0.1, 0.15) is 32.6 Å². The van der Waals surface area contributed by atoms with Crippen molar-refractivity contribution in [1.82, 2.24) is 15.5 Å². The highest BCUT2D eigenvalue weighted by Gasteiger charge is 2.18. The molecule has 2 aliphatic rings. The molecular formula is C13H26N4. The van der Waals surface area contributed by atoms with Gasteiger partial charge >= 0.3 is 0 Å². The largest absolute Gasteiger partial charge is 0.356 e. The van der Waals surface area contributed by atoms with Crippen molar-refractivity contribution in [2.75, 3.05) is 39.3 Å². The monoisotopic (exact) mass is 238 g/mol. The van der Waals surface area contributed by atoms with Gasteiger partial charge in [-0.15, -0.1) is 0 Å². The summed E-state index contributed by atoms with van der Waals surface area (Å²) in [6.45, 7) is 9.23. The van der Waals surface area contributed by atoms with Gasteiger partial charge in [0.15, 0.2) is 5.96 Å². The third-order valence-electron chi connectivity index (χ3n) is 3.70. The predicted molar refractivity (Wildman–Crippen MR) is 72.4 cm³/mol. The number of aliphatic imine (C=N–C) groups is 1. The Balaban J connectivity index is 1.62. The van der Waals surface area contributed by atoms with E-state index in [-0.39, 0.29) is 0 Å². The van der Waals surface area contributed by atoms with Crippen LogP contribution in [0.5, 0.6) is 0 Å². The smallest absolute Gasteiger partial charge is 0.191 e. The molecule has 0 aromatic rings. The third kappa shape index (κ3) is 4.19. The van der Waals surface area contributed by atoms with Crippen molar-refractivity contribution in [2.45, 2.75) is 32.6 Å². The van der Waals surface area contributed by atoms with Crippen LogP contribution in [-0.2, 0) is 0 Å². The summed E-state index contributed by atoms with van der Waals surface area (Å²) in [6, 6.07) is 0. The second-order valence-electron chi connectivity index (χ2n) is 5.18. The average molecular weight is 238 g/mol. The molecule has 2 heterocycles. The molecule has 0 aromatic carbocycles. The zero-order valence-corrected chi connectivity index (χ0v) is 11.0. The summed E-state index contributed by atoms with van der Waals surface area (Å²) in [7, 11) is 0. The number of guanidine groups is 1. The average Bonchev–Trinajstić information content (AvgIpc) is 2.40. The SMILES string of the molecule is CCCN1CCC(CNC2=NCCCN2)CC1. The van der Waals surface area contributed by atoms with E-state index >= 15 is 0 Å². The summed E-state index contributed by atoms with van der Waals surface area (Å²) in [5, 5.41) is 6.77. The minimum atomic E-state index is 0.828. The van der Waals surface area contributed by atoms with E-state index in [1.165, 1.54) is 45.3 Å². The van der Waals surface area contributed by atoms with Crippen LogP contribution in [0.4, 0.5) is 0 Å². The van der Waals surface area contributed by atoms with Crippen molar-refractivity contribution >= 4 is 5.96 Å². The fraction of sp³-hybridized carbons (Fsp3) is 0.923. The van der Waals surface area contributed by atoms with Gasteiger partial charge in [0.2, 0.25) is 0 Å². The number of nitrogens with one attached hydrogen (secondary N) is 2. The fourth-order valence-corrected chi connectivity index (χ4v) is 2.62. The first kappa shape index (κ1) is 12.7. The number of piperidine rings is 1. The normalized spacial score (nSPS) is 23.0. The molecule has 2 rings (SSSR count). The van der Waals surface area contributed by atoms with E-state index in [4.69, 9.17) is 0 Å². The molecule has 0 saturated carbocycles. The molecule has 0 radical (unpaired) electrons. The molecule has 0 aromatic heterocycles. The lowest BCUT2D eigenvalue weighted by Crippen LogP contribution is -2.44. The Morgan fingerprint density at radius 3 is 2.88 bits per heavy atom. The summed E-state index contributed by atoms with van der Waals surface area (Å²) in [4.78, 5) is 7.03. The quantitative estimate of drug-likeness (QED) is 0.769. The summed E-state index contributed by atoms with van der Waals surface area (Å²) in [6.07, 6.45) is 5.12. The van der Waals surface area contributed by atoms with Crippen molar-refractivity contribution < 1.29 is 0 Å². The van der Waals surface area contributed by atoms with Gasteiger partial charge in [-0.1, -0.05) is 6.92 Å². The van der Waals surface area contributed by atoms with Gasteiger partial charge in [0.1, 0.15) is 0 Å². The van der Waals surface area contributed by atoms with Gasteiger partial charge in [-0.25, -0.2) is 0 Å². The summed E-state index contributed by atoms with van der Waals surface area (Å²) >= 11 is 0. The van der Waals surface area contributed by atoms with Gasteiger partial charge in [0.05, 0.1) is 0 Å². The molecule has 2 aliphatic heterocycles. The van der Waals surface area contributed by atoms with E-state index in [0.717, 1.165) is 31.5 Å². The standard InChI is InChI=1S/C13H26N4/c1-2-8-17-9-4-12(5-10-17)11-16-13-14-6-3-7-15-13/h12H,2-11H2,1H3,(H2,14,15,16). The van der Waals surface area contributed by atoms with E-state index in [0.29, 0.717) is 0 Å². The van der Waals surface area contributed by atoms with Crippen LogP contribution in [0.15, 0.2) is 4.99 Å². The Morgan fingerprint density at radius 1 is 1.41 bits per heavy atom. The summed E-state index contributed by atoms with van der Waals surface area (Å²) in [5.41, 5.74) is 0. The Labute approximate surface area is 105 Å². The van der Waals surface area contributed by atoms with E-state index in [1.807, 2.05) is 0 Å². The Morgan fingerprint density at radius 2 is 2.24 bits per heavy atom. The van der Waals surface area contributed by atoms with Crippen LogP contribution in [0.25, 0.3) is 0 Å². The first-order chi connectivity index (χ1) is 8.38. The number of rotatable bonds is 4. The highest BCUT2D eigenvalue weighted by Crippen LogP contribution is 2.16. The van der Waals surface area contributed by atoms with Crippen molar-refractivity contribution in [3.8, 4) is 0 Å². The predicted octanol–water partition coefficient (Wildman–Crippen LogP) is 1.05. The van der Waals surface area contributed by atoms with Crippen molar-refractivity contribution in [1.29, 1.82) is 0 Å². The molecule has 98 valence electrons. The third-order valence-corrected chi connectivity index (χ3v) is 3.70. The van der Waals surface area contributed by atoms with Crippen molar-refractivity contribution in [3.63, 3.8) is 0 Å². The molecule has 2 N–H and O–H groups in total. The molecule has 0 bridgehead atoms. The van der Waals surface area contributed by atoms with Crippen molar-refractivity contribution in [2.24, 2.45) is 10.9 Å². The lowest BCUT2D eigenvalue weighted by atomic mass is 9.97. The van der Waals surface area contributed by atoms with Gasteiger partial charge in [-0.2, -0.15) is 0 Å². The molecule has 0 aliphatic carbocycles. The van der Waals surface area contributed by atoms with Crippen LogP contribution in [-0.4, -0.2) is 50.1 Å². The molecule has 0 spiro atoms. The maximum Gasteiger partial charge on any atom is 0.191 e. The lowest BCUT2D eigenvalue weighted by Gasteiger charge is -2.32. The zero-order chi connectivity index (χ0) is 11.9. The minimum absolute atomic E-state index is 0.828. The molecule has 17 heavy (non-hydrogen) atoms. The zero-order valence-electron chi connectivity index (χ0n) is 11.0. The molecule has 0 unspecified atom stereocenters. The summed E-state index contributed by atoms with van der Waals surface area (Å²) in [5.74, 6) is 1.85. The second kappa shape index (κ2) is 6.84.